The van der Waals surface area contributed by atoms with Gasteiger partial charge in [0.1, 0.15) is 5.75 Å². The van der Waals surface area contributed by atoms with Gasteiger partial charge in [-0.25, -0.2) is 0 Å². The quantitative estimate of drug-likeness (QED) is 0.440. The number of carbonyl (C=O) groups is 3. The van der Waals surface area contributed by atoms with Crippen molar-refractivity contribution >= 4 is 35.1 Å². The summed E-state index contributed by atoms with van der Waals surface area (Å²) >= 11 is 4.98. The van der Waals surface area contributed by atoms with Gasteiger partial charge in [-0.1, -0.05) is 31.4 Å². The van der Waals surface area contributed by atoms with Crippen LogP contribution in [-0.4, -0.2) is 36.5 Å². The van der Waals surface area contributed by atoms with Crippen LogP contribution in [0.3, 0.4) is 0 Å². The summed E-state index contributed by atoms with van der Waals surface area (Å²) in [7, 11) is 1.46. The van der Waals surface area contributed by atoms with Crippen molar-refractivity contribution < 1.29 is 19.1 Å². The van der Waals surface area contributed by atoms with E-state index in [4.69, 9.17) is 17.0 Å². The molecule has 0 bridgehead atoms. The van der Waals surface area contributed by atoms with E-state index in [0.29, 0.717) is 11.3 Å². The van der Waals surface area contributed by atoms with E-state index < -0.39 is 11.8 Å². The van der Waals surface area contributed by atoms with E-state index in [1.165, 1.54) is 7.11 Å². The van der Waals surface area contributed by atoms with Crippen molar-refractivity contribution in [3.05, 3.63) is 29.8 Å². The minimum Gasteiger partial charge on any atom is -0.496 e. The van der Waals surface area contributed by atoms with Crippen LogP contribution in [0.5, 0.6) is 5.75 Å². The van der Waals surface area contributed by atoms with Crippen molar-refractivity contribution in [3.63, 3.8) is 0 Å². The van der Waals surface area contributed by atoms with Crippen molar-refractivity contribution in [3.8, 4) is 5.75 Å². The summed E-state index contributed by atoms with van der Waals surface area (Å²) in [6.45, 7) is -0.161. The molecule has 1 saturated carbocycles. The number of hydrogen-bond acceptors (Lipinski definition) is 5. The molecule has 4 N–H and O–H groups in total. The van der Waals surface area contributed by atoms with E-state index in [9.17, 15) is 14.4 Å². The van der Waals surface area contributed by atoms with Gasteiger partial charge in [0.2, 0.25) is 5.91 Å². The zero-order chi connectivity index (χ0) is 19.6. The molecule has 1 aromatic rings. The number of hydrazine groups is 1. The highest BCUT2D eigenvalue weighted by Crippen LogP contribution is 2.23. The number of rotatable bonds is 5. The van der Waals surface area contributed by atoms with Crippen LogP contribution in [0.2, 0.25) is 0 Å². The Morgan fingerprint density at radius 3 is 2.52 bits per heavy atom. The lowest BCUT2D eigenvalue weighted by Gasteiger charge is -2.20. The van der Waals surface area contributed by atoms with Gasteiger partial charge in [0.05, 0.1) is 19.2 Å². The summed E-state index contributed by atoms with van der Waals surface area (Å²) in [4.78, 5) is 36.0. The molecule has 1 aromatic carbocycles. The van der Waals surface area contributed by atoms with Crippen LogP contribution in [0, 0.1) is 5.92 Å². The van der Waals surface area contributed by atoms with Crippen LogP contribution in [0.25, 0.3) is 0 Å². The first-order valence-corrected chi connectivity index (χ1v) is 9.23. The molecule has 0 aliphatic heterocycles. The Labute approximate surface area is 163 Å². The third kappa shape index (κ3) is 6.52. The van der Waals surface area contributed by atoms with Gasteiger partial charge in [0.15, 0.2) is 5.11 Å². The lowest BCUT2D eigenvalue weighted by molar-refractivity contribution is -0.129. The van der Waals surface area contributed by atoms with Crippen molar-refractivity contribution in [1.82, 2.24) is 21.5 Å². The number of amides is 3. The maximum Gasteiger partial charge on any atom is 0.261 e. The first kappa shape index (κ1) is 20.6. The molecule has 0 unspecified atom stereocenters. The second-order valence-corrected chi connectivity index (χ2v) is 6.62. The zero-order valence-electron chi connectivity index (χ0n) is 15.2. The molecule has 0 spiro atoms. The number of thiocarbonyl (C=S) groups is 1. The number of ether oxygens (including phenoxy) is 1. The fraction of sp³-hybridized carbons (Fsp3) is 0.444. The third-order valence-corrected chi connectivity index (χ3v) is 4.50. The van der Waals surface area contributed by atoms with Crippen LogP contribution < -0.4 is 26.2 Å². The van der Waals surface area contributed by atoms with Crippen LogP contribution in [0.4, 0.5) is 0 Å². The number of methoxy groups -OCH3 is 1. The molecule has 9 heteroatoms. The molecule has 0 aromatic heterocycles. The number of benzene rings is 1. The summed E-state index contributed by atoms with van der Waals surface area (Å²) in [5.41, 5.74) is 5.08. The SMILES string of the molecule is COc1ccccc1C(=O)NC(=S)NNC(=O)CNC(=O)C1CCCCC1. The van der Waals surface area contributed by atoms with E-state index in [1.807, 2.05) is 0 Å². The minimum absolute atomic E-state index is 0.0132. The van der Waals surface area contributed by atoms with E-state index in [2.05, 4.69) is 21.5 Å². The van der Waals surface area contributed by atoms with Gasteiger partial charge in [-0.05, 0) is 37.2 Å². The average molecular weight is 392 g/mol. The molecule has 1 aliphatic carbocycles. The average Bonchev–Trinajstić information content (AvgIpc) is 2.70. The molecule has 0 saturated heterocycles. The van der Waals surface area contributed by atoms with Crippen molar-refractivity contribution in [2.24, 2.45) is 5.92 Å². The van der Waals surface area contributed by atoms with Gasteiger partial charge in [-0.3, -0.25) is 30.6 Å². The van der Waals surface area contributed by atoms with Crippen molar-refractivity contribution in [2.45, 2.75) is 32.1 Å². The van der Waals surface area contributed by atoms with Crippen LogP contribution in [0.15, 0.2) is 24.3 Å². The largest absolute Gasteiger partial charge is 0.496 e. The molecule has 1 fully saturated rings. The van der Waals surface area contributed by atoms with Gasteiger partial charge in [0, 0.05) is 5.92 Å². The van der Waals surface area contributed by atoms with E-state index >= 15 is 0 Å². The fourth-order valence-corrected chi connectivity index (χ4v) is 3.02. The summed E-state index contributed by atoms with van der Waals surface area (Å²) in [6, 6.07) is 6.69. The molecule has 27 heavy (non-hydrogen) atoms. The van der Waals surface area contributed by atoms with E-state index in [-0.39, 0.29) is 23.5 Å². The Balaban J connectivity index is 1.70. The van der Waals surface area contributed by atoms with E-state index in [1.54, 1.807) is 24.3 Å². The highest BCUT2D eigenvalue weighted by Gasteiger charge is 2.21. The van der Waals surface area contributed by atoms with Crippen LogP contribution in [0.1, 0.15) is 42.5 Å². The van der Waals surface area contributed by atoms with Crippen LogP contribution in [-0.2, 0) is 9.59 Å². The third-order valence-electron chi connectivity index (χ3n) is 4.29. The lowest BCUT2D eigenvalue weighted by Crippen LogP contribution is -2.51. The van der Waals surface area contributed by atoms with Crippen LogP contribution >= 0.6 is 12.2 Å². The first-order valence-electron chi connectivity index (χ1n) is 8.82. The van der Waals surface area contributed by atoms with Gasteiger partial charge >= 0.3 is 0 Å². The predicted molar refractivity (Wildman–Crippen MR) is 104 cm³/mol. The van der Waals surface area contributed by atoms with Gasteiger partial charge in [-0.2, -0.15) is 0 Å². The molecule has 2 rings (SSSR count). The lowest BCUT2D eigenvalue weighted by atomic mass is 9.89. The fourth-order valence-electron chi connectivity index (χ4n) is 2.88. The van der Waals surface area contributed by atoms with Crippen molar-refractivity contribution in [1.29, 1.82) is 0 Å². The maximum absolute atomic E-state index is 12.2. The number of carbonyl (C=O) groups excluding carboxylic acids is 3. The molecule has 0 radical (unpaired) electrons. The Morgan fingerprint density at radius 2 is 1.81 bits per heavy atom. The second-order valence-electron chi connectivity index (χ2n) is 6.21. The van der Waals surface area contributed by atoms with Gasteiger partial charge < -0.3 is 10.1 Å². The summed E-state index contributed by atoms with van der Waals surface area (Å²) in [5, 5.41) is 4.99. The standard InChI is InChI=1S/C18H24N4O4S/c1-26-14-10-6-5-9-13(14)17(25)20-18(27)22-21-15(23)11-19-16(24)12-7-3-2-4-8-12/h5-6,9-10,12H,2-4,7-8,11H2,1H3,(H,19,24)(H,21,23)(H2,20,22,25,27). The molecule has 146 valence electrons. The summed E-state index contributed by atoms with van der Waals surface area (Å²) in [6.07, 6.45) is 4.99. The minimum atomic E-state index is -0.468. The molecular weight excluding hydrogens is 368 g/mol. The number of hydrogen-bond donors (Lipinski definition) is 4. The molecule has 3 amide bonds. The molecule has 8 nitrogen and oxygen atoms in total. The zero-order valence-corrected chi connectivity index (χ0v) is 16.0. The molecule has 0 heterocycles. The highest BCUT2D eigenvalue weighted by molar-refractivity contribution is 7.80. The Hall–Kier alpha value is -2.68. The topological polar surface area (TPSA) is 109 Å². The molecular formula is C18H24N4O4S. The monoisotopic (exact) mass is 392 g/mol. The predicted octanol–water partition coefficient (Wildman–Crippen LogP) is 1.03. The van der Waals surface area contributed by atoms with Gasteiger partial charge in [0.25, 0.3) is 11.8 Å². The second kappa shape index (κ2) is 10.5. The normalized spacial score (nSPS) is 14.0. The summed E-state index contributed by atoms with van der Waals surface area (Å²) < 4.78 is 5.12. The van der Waals surface area contributed by atoms with Gasteiger partial charge in [-0.15, -0.1) is 0 Å². The smallest absolute Gasteiger partial charge is 0.261 e. The Bertz CT molecular complexity index is 704. The number of para-hydroxylation sites is 1. The maximum atomic E-state index is 12.2. The summed E-state index contributed by atoms with van der Waals surface area (Å²) in [5.74, 6) is -0.636. The number of nitrogens with one attached hydrogen (secondary N) is 4. The van der Waals surface area contributed by atoms with Crippen molar-refractivity contribution in [2.75, 3.05) is 13.7 Å². The molecule has 1 aliphatic rings. The van der Waals surface area contributed by atoms with E-state index in [0.717, 1.165) is 32.1 Å². The Kier molecular flexibility index (Phi) is 8.00. The highest BCUT2D eigenvalue weighted by atomic mass is 32.1. The molecule has 0 atom stereocenters. The first-order chi connectivity index (χ1) is 13.0. The Morgan fingerprint density at radius 1 is 1.11 bits per heavy atom.